The van der Waals surface area contributed by atoms with Gasteiger partial charge >= 0.3 is 0 Å². The van der Waals surface area contributed by atoms with Gasteiger partial charge < -0.3 is 5.73 Å². The van der Waals surface area contributed by atoms with Gasteiger partial charge in [0.25, 0.3) is 10.0 Å². The van der Waals surface area contributed by atoms with Crippen LogP contribution in [0, 0.1) is 5.82 Å². The van der Waals surface area contributed by atoms with E-state index in [9.17, 15) is 12.8 Å². The number of sulfonamides is 1. The summed E-state index contributed by atoms with van der Waals surface area (Å²) >= 11 is 8.40. The quantitative estimate of drug-likeness (QED) is 0.445. The Kier molecular flexibility index (Phi) is 5.83. The van der Waals surface area contributed by atoms with E-state index in [0.717, 1.165) is 40.8 Å². The van der Waals surface area contributed by atoms with Crippen molar-refractivity contribution in [2.24, 2.45) is 5.73 Å². The summed E-state index contributed by atoms with van der Waals surface area (Å²) in [4.78, 5) is 3.63. The number of hydrogen-bond donors (Lipinski definition) is 2. The fraction of sp³-hybridized carbons (Fsp3) is 0.0625. The van der Waals surface area contributed by atoms with Crippen molar-refractivity contribution < 1.29 is 12.8 Å². The molecule has 1 aromatic heterocycles. The van der Waals surface area contributed by atoms with Gasteiger partial charge in [-0.15, -0.1) is 23.1 Å². The smallest absolute Gasteiger partial charge is 0.266 e. The SMILES string of the molecule is N[C@H](Sc1cc(F)c(S(=O)(=O)Nc2nccs2)cc1Cl)c1ccccc1. The predicted molar refractivity (Wildman–Crippen MR) is 104 cm³/mol. The highest BCUT2D eigenvalue weighted by molar-refractivity contribution is 7.99. The third-order valence-electron chi connectivity index (χ3n) is 3.31. The largest absolute Gasteiger partial charge is 0.315 e. The zero-order valence-corrected chi connectivity index (χ0v) is 16.3. The molecule has 0 fully saturated rings. The van der Waals surface area contributed by atoms with Gasteiger partial charge in [0.15, 0.2) is 5.13 Å². The summed E-state index contributed by atoms with van der Waals surface area (Å²) in [5, 5.41) is 1.38. The molecule has 136 valence electrons. The highest BCUT2D eigenvalue weighted by Crippen LogP contribution is 2.38. The Bertz CT molecular complexity index is 999. The normalized spacial score (nSPS) is 12.7. The van der Waals surface area contributed by atoms with E-state index in [4.69, 9.17) is 17.3 Å². The maximum atomic E-state index is 14.5. The number of hydrogen-bond acceptors (Lipinski definition) is 6. The summed E-state index contributed by atoms with van der Waals surface area (Å²) in [7, 11) is -4.14. The zero-order chi connectivity index (χ0) is 18.7. The van der Waals surface area contributed by atoms with Crippen LogP contribution in [0.25, 0.3) is 0 Å². The number of thioether (sulfide) groups is 1. The van der Waals surface area contributed by atoms with Crippen molar-refractivity contribution in [1.29, 1.82) is 0 Å². The number of nitrogens with two attached hydrogens (primary N) is 1. The lowest BCUT2D eigenvalue weighted by Crippen LogP contribution is -2.14. The number of nitrogens with one attached hydrogen (secondary N) is 1. The first-order chi connectivity index (χ1) is 12.4. The van der Waals surface area contributed by atoms with Crippen LogP contribution in [0.4, 0.5) is 9.52 Å². The van der Waals surface area contributed by atoms with Crippen molar-refractivity contribution in [3.05, 3.63) is 70.4 Å². The minimum absolute atomic E-state index is 0.0993. The predicted octanol–water partition coefficient (Wildman–Crippen LogP) is 4.49. The first-order valence-electron chi connectivity index (χ1n) is 7.25. The van der Waals surface area contributed by atoms with Gasteiger partial charge in [-0.3, -0.25) is 4.72 Å². The van der Waals surface area contributed by atoms with E-state index < -0.39 is 26.1 Å². The summed E-state index contributed by atoms with van der Waals surface area (Å²) in [6, 6.07) is 11.4. The molecule has 0 saturated carbocycles. The Balaban J connectivity index is 1.86. The highest BCUT2D eigenvalue weighted by Gasteiger charge is 2.23. The van der Waals surface area contributed by atoms with E-state index in [0.29, 0.717) is 4.90 Å². The summed E-state index contributed by atoms with van der Waals surface area (Å²) in [6.45, 7) is 0. The second kappa shape index (κ2) is 7.93. The lowest BCUT2D eigenvalue weighted by Gasteiger charge is -2.14. The third kappa shape index (κ3) is 4.36. The maximum absolute atomic E-state index is 14.5. The van der Waals surface area contributed by atoms with Crippen molar-refractivity contribution in [3.63, 3.8) is 0 Å². The van der Waals surface area contributed by atoms with Gasteiger partial charge in [0.2, 0.25) is 0 Å². The molecule has 1 atom stereocenters. The number of aromatic nitrogens is 1. The molecule has 3 aromatic rings. The highest BCUT2D eigenvalue weighted by atomic mass is 35.5. The fourth-order valence-electron chi connectivity index (χ4n) is 2.10. The Labute approximate surface area is 163 Å². The monoisotopic (exact) mass is 429 g/mol. The number of thiazole rings is 1. The van der Waals surface area contributed by atoms with Crippen molar-refractivity contribution in [2.45, 2.75) is 15.2 Å². The maximum Gasteiger partial charge on any atom is 0.266 e. The van der Waals surface area contributed by atoms with Crippen LogP contribution in [0.15, 0.2) is 63.8 Å². The lowest BCUT2D eigenvalue weighted by molar-refractivity contribution is 0.568. The molecule has 0 aliphatic carbocycles. The van der Waals surface area contributed by atoms with E-state index >= 15 is 0 Å². The molecule has 0 aliphatic rings. The number of benzene rings is 2. The number of nitrogens with zero attached hydrogens (tertiary/aromatic N) is 1. The van der Waals surface area contributed by atoms with Crippen molar-refractivity contribution in [1.82, 2.24) is 4.98 Å². The van der Waals surface area contributed by atoms with E-state index in [1.165, 1.54) is 6.20 Å². The van der Waals surface area contributed by atoms with Gasteiger partial charge in [-0.05, 0) is 17.7 Å². The fourth-order valence-corrected chi connectivity index (χ4v) is 5.24. The molecule has 0 amide bonds. The Morgan fingerprint density at radius 2 is 2.00 bits per heavy atom. The van der Waals surface area contributed by atoms with Gasteiger partial charge in [0.1, 0.15) is 10.7 Å². The van der Waals surface area contributed by atoms with Crippen LogP contribution < -0.4 is 10.5 Å². The summed E-state index contributed by atoms with van der Waals surface area (Å²) < 4.78 is 41.4. The van der Waals surface area contributed by atoms with Crippen LogP contribution in [0.2, 0.25) is 5.02 Å². The van der Waals surface area contributed by atoms with Crippen molar-refractivity contribution in [2.75, 3.05) is 4.72 Å². The minimum atomic E-state index is -4.14. The van der Waals surface area contributed by atoms with Gasteiger partial charge in [0, 0.05) is 16.5 Å². The van der Waals surface area contributed by atoms with Gasteiger partial charge in [-0.25, -0.2) is 17.8 Å². The van der Waals surface area contributed by atoms with E-state index in [1.807, 2.05) is 30.3 Å². The first kappa shape index (κ1) is 19.1. The average Bonchev–Trinajstić information content (AvgIpc) is 3.10. The van der Waals surface area contributed by atoms with Crippen LogP contribution >= 0.6 is 34.7 Å². The molecule has 0 radical (unpaired) electrons. The number of rotatable bonds is 6. The van der Waals surface area contributed by atoms with Crippen LogP contribution in [-0.4, -0.2) is 13.4 Å². The van der Waals surface area contributed by atoms with Crippen LogP contribution in [-0.2, 0) is 10.0 Å². The zero-order valence-electron chi connectivity index (χ0n) is 13.1. The van der Waals surface area contributed by atoms with E-state index in [-0.39, 0.29) is 10.2 Å². The molecule has 5 nitrogen and oxygen atoms in total. The first-order valence-corrected chi connectivity index (χ1v) is 10.9. The summed E-state index contributed by atoms with van der Waals surface area (Å²) in [5.74, 6) is -0.916. The van der Waals surface area contributed by atoms with E-state index in [2.05, 4.69) is 9.71 Å². The van der Waals surface area contributed by atoms with Gasteiger partial charge in [-0.1, -0.05) is 41.9 Å². The van der Waals surface area contributed by atoms with Crippen molar-refractivity contribution >= 4 is 49.9 Å². The second-order valence-corrected chi connectivity index (χ2v) is 9.24. The number of halogens is 2. The minimum Gasteiger partial charge on any atom is -0.315 e. The lowest BCUT2D eigenvalue weighted by atomic mass is 10.2. The Morgan fingerprint density at radius 3 is 2.65 bits per heavy atom. The van der Waals surface area contributed by atoms with Crippen LogP contribution in [0.5, 0.6) is 0 Å². The summed E-state index contributed by atoms with van der Waals surface area (Å²) in [6.07, 6.45) is 1.44. The summed E-state index contributed by atoms with van der Waals surface area (Å²) in [5.41, 5.74) is 6.95. The molecule has 1 heterocycles. The van der Waals surface area contributed by atoms with Crippen molar-refractivity contribution in [3.8, 4) is 0 Å². The molecule has 3 N–H and O–H groups in total. The molecular formula is C16H13ClFN3O2S3. The molecule has 0 spiro atoms. The standard InChI is InChI=1S/C16H13ClFN3O2S3/c17-11-8-14(26(22,23)21-16-20-6-7-24-16)12(18)9-13(11)25-15(19)10-4-2-1-3-5-10/h1-9,15H,19H2,(H,20,21)/t15-/m1/s1. The van der Waals surface area contributed by atoms with Gasteiger partial charge in [0.05, 0.1) is 10.4 Å². The molecule has 2 aromatic carbocycles. The molecule has 0 saturated heterocycles. The Hall–Kier alpha value is -1.65. The number of anilines is 1. The molecule has 0 bridgehead atoms. The molecule has 0 aliphatic heterocycles. The molecule has 3 rings (SSSR count). The molecule has 26 heavy (non-hydrogen) atoms. The topological polar surface area (TPSA) is 85.1 Å². The average molecular weight is 430 g/mol. The van der Waals surface area contributed by atoms with Crippen LogP contribution in [0.3, 0.4) is 0 Å². The molecular weight excluding hydrogens is 417 g/mol. The molecule has 10 heteroatoms. The van der Waals surface area contributed by atoms with Gasteiger partial charge in [-0.2, -0.15) is 0 Å². The van der Waals surface area contributed by atoms with E-state index in [1.54, 1.807) is 5.38 Å². The molecule has 0 unspecified atom stereocenters. The second-order valence-electron chi connectivity index (χ2n) is 5.10. The third-order valence-corrected chi connectivity index (χ3v) is 7.03. The Morgan fingerprint density at radius 1 is 1.27 bits per heavy atom. The van der Waals surface area contributed by atoms with Crippen LogP contribution in [0.1, 0.15) is 10.9 Å².